The Balaban J connectivity index is 1.91. The van der Waals surface area contributed by atoms with Crippen LogP contribution in [0.2, 0.25) is 0 Å². The van der Waals surface area contributed by atoms with E-state index >= 15 is 0 Å². The molecule has 1 N–H and O–H groups in total. The standard InChI is InChI=1S/C19H22O3/c1-12-10-17-15(18(20)9-8-16(17)19(12)21)7-6-13-4-3-5-14(11-13)22-2/h3-7,11-12,16,19,21H,8-10H2,1-2H3/t12?,16?,19-/m1/s1. The third kappa shape index (κ3) is 2.73. The molecule has 1 aromatic carbocycles. The topological polar surface area (TPSA) is 46.5 Å². The highest BCUT2D eigenvalue weighted by Crippen LogP contribution is 2.44. The molecule has 22 heavy (non-hydrogen) atoms. The van der Waals surface area contributed by atoms with Crippen molar-refractivity contribution < 1.29 is 14.6 Å². The van der Waals surface area contributed by atoms with Crippen molar-refractivity contribution in [2.75, 3.05) is 7.11 Å². The zero-order valence-electron chi connectivity index (χ0n) is 13.1. The molecule has 1 aromatic rings. The maximum atomic E-state index is 12.3. The first-order chi connectivity index (χ1) is 10.6. The van der Waals surface area contributed by atoms with Crippen LogP contribution in [0.25, 0.3) is 6.08 Å². The molecule has 0 saturated heterocycles. The molecule has 3 atom stereocenters. The van der Waals surface area contributed by atoms with Crippen LogP contribution in [-0.4, -0.2) is 24.1 Å². The van der Waals surface area contributed by atoms with E-state index in [2.05, 4.69) is 6.92 Å². The number of ketones is 1. The Bertz CT molecular complexity index is 642. The van der Waals surface area contributed by atoms with E-state index in [9.17, 15) is 9.90 Å². The number of rotatable bonds is 3. The first-order valence-electron chi connectivity index (χ1n) is 7.86. The molecule has 0 spiro atoms. The van der Waals surface area contributed by atoms with Crippen LogP contribution in [-0.2, 0) is 4.79 Å². The van der Waals surface area contributed by atoms with Crippen molar-refractivity contribution in [1.82, 2.24) is 0 Å². The fraction of sp³-hybridized carbons (Fsp3) is 0.421. The van der Waals surface area contributed by atoms with Crippen molar-refractivity contribution in [3.05, 3.63) is 47.1 Å². The van der Waals surface area contributed by atoms with Crippen molar-refractivity contribution in [2.24, 2.45) is 11.8 Å². The number of benzene rings is 1. The monoisotopic (exact) mass is 298 g/mol. The third-order valence-electron chi connectivity index (χ3n) is 4.85. The van der Waals surface area contributed by atoms with Crippen LogP contribution in [0.1, 0.15) is 31.7 Å². The number of aliphatic hydroxyl groups excluding tert-OH is 1. The van der Waals surface area contributed by atoms with E-state index in [1.54, 1.807) is 7.11 Å². The Kier molecular flexibility index (Phi) is 4.16. The van der Waals surface area contributed by atoms with Crippen molar-refractivity contribution >= 4 is 11.9 Å². The SMILES string of the molecule is COc1cccc(C=CC2=C3CC(C)[C@@H](O)C3CCC2=O)c1. The largest absolute Gasteiger partial charge is 0.497 e. The lowest BCUT2D eigenvalue weighted by molar-refractivity contribution is -0.116. The number of carbonyl (C=O) groups excluding carboxylic acids is 1. The molecule has 0 bridgehead atoms. The van der Waals surface area contributed by atoms with Gasteiger partial charge < -0.3 is 9.84 Å². The van der Waals surface area contributed by atoms with Crippen LogP contribution in [0, 0.1) is 11.8 Å². The summed E-state index contributed by atoms with van der Waals surface area (Å²) in [5, 5.41) is 10.3. The Labute approximate surface area is 131 Å². The molecular formula is C19H22O3. The van der Waals surface area contributed by atoms with Gasteiger partial charge in [-0.05, 0) is 36.5 Å². The summed E-state index contributed by atoms with van der Waals surface area (Å²) in [7, 11) is 1.64. The summed E-state index contributed by atoms with van der Waals surface area (Å²) in [6, 6.07) is 7.76. The Morgan fingerprint density at radius 2 is 2.14 bits per heavy atom. The van der Waals surface area contributed by atoms with Gasteiger partial charge in [-0.15, -0.1) is 0 Å². The predicted octanol–water partition coefficient (Wildman–Crippen LogP) is 3.38. The van der Waals surface area contributed by atoms with Gasteiger partial charge >= 0.3 is 0 Å². The van der Waals surface area contributed by atoms with Gasteiger partial charge in [0.15, 0.2) is 5.78 Å². The van der Waals surface area contributed by atoms with Gasteiger partial charge in [0, 0.05) is 17.9 Å². The average molecular weight is 298 g/mol. The maximum absolute atomic E-state index is 12.3. The number of ether oxygens (including phenoxy) is 1. The Morgan fingerprint density at radius 3 is 2.91 bits per heavy atom. The predicted molar refractivity (Wildman–Crippen MR) is 86.6 cm³/mol. The van der Waals surface area contributed by atoms with E-state index < -0.39 is 0 Å². The second-order valence-corrected chi connectivity index (χ2v) is 6.29. The number of Topliss-reactive ketones (excluding diaryl/α,β-unsaturated/α-hetero) is 1. The van der Waals surface area contributed by atoms with Gasteiger partial charge in [-0.1, -0.05) is 36.8 Å². The number of hydrogen-bond acceptors (Lipinski definition) is 3. The minimum Gasteiger partial charge on any atom is -0.497 e. The van der Waals surface area contributed by atoms with E-state index in [0.717, 1.165) is 35.3 Å². The lowest BCUT2D eigenvalue weighted by Crippen LogP contribution is -2.24. The molecule has 3 nitrogen and oxygen atoms in total. The molecule has 116 valence electrons. The first-order valence-corrected chi connectivity index (χ1v) is 7.86. The lowest BCUT2D eigenvalue weighted by atomic mass is 9.83. The second kappa shape index (κ2) is 6.09. The summed E-state index contributed by atoms with van der Waals surface area (Å²) in [5.41, 5.74) is 2.96. The van der Waals surface area contributed by atoms with Crippen molar-refractivity contribution in [1.29, 1.82) is 0 Å². The quantitative estimate of drug-likeness (QED) is 0.930. The maximum Gasteiger partial charge on any atom is 0.162 e. The second-order valence-electron chi connectivity index (χ2n) is 6.29. The van der Waals surface area contributed by atoms with E-state index in [0.29, 0.717) is 6.42 Å². The molecule has 0 heterocycles. The zero-order valence-corrected chi connectivity index (χ0v) is 13.1. The molecular weight excluding hydrogens is 276 g/mol. The summed E-state index contributed by atoms with van der Waals surface area (Å²) in [4.78, 5) is 12.3. The minimum atomic E-state index is -0.302. The molecule has 0 aromatic heterocycles. The Hall–Kier alpha value is -1.87. The van der Waals surface area contributed by atoms with Gasteiger partial charge in [0.05, 0.1) is 13.2 Å². The summed E-state index contributed by atoms with van der Waals surface area (Å²) in [5.74, 6) is 1.41. The molecule has 2 unspecified atom stereocenters. The molecule has 1 fully saturated rings. The molecule has 1 saturated carbocycles. The lowest BCUT2D eigenvalue weighted by Gasteiger charge is -2.23. The minimum absolute atomic E-state index is 0.164. The first kappa shape index (κ1) is 15.0. The van der Waals surface area contributed by atoms with E-state index in [1.807, 2.05) is 36.4 Å². The summed E-state index contributed by atoms with van der Waals surface area (Å²) < 4.78 is 5.22. The van der Waals surface area contributed by atoms with Crippen molar-refractivity contribution in [3.8, 4) is 5.75 Å². The van der Waals surface area contributed by atoms with Gasteiger partial charge in [-0.2, -0.15) is 0 Å². The third-order valence-corrected chi connectivity index (χ3v) is 4.85. The molecule has 0 amide bonds. The number of fused-ring (bicyclic) bond motifs is 1. The van der Waals surface area contributed by atoms with Gasteiger partial charge in [-0.25, -0.2) is 0 Å². The average Bonchev–Trinajstić information content (AvgIpc) is 2.81. The molecule has 0 aliphatic heterocycles. The van der Waals surface area contributed by atoms with E-state index in [4.69, 9.17) is 4.74 Å². The molecule has 3 rings (SSSR count). The van der Waals surface area contributed by atoms with Crippen LogP contribution >= 0.6 is 0 Å². The number of allylic oxidation sites excluding steroid dienone is 2. The summed E-state index contributed by atoms with van der Waals surface area (Å²) >= 11 is 0. The highest BCUT2D eigenvalue weighted by Gasteiger charge is 2.40. The van der Waals surface area contributed by atoms with Crippen LogP contribution in [0.3, 0.4) is 0 Å². The van der Waals surface area contributed by atoms with Gasteiger partial charge in [0.2, 0.25) is 0 Å². The van der Waals surface area contributed by atoms with E-state index in [1.165, 1.54) is 0 Å². The molecule has 2 aliphatic rings. The highest BCUT2D eigenvalue weighted by atomic mass is 16.5. The van der Waals surface area contributed by atoms with Crippen molar-refractivity contribution in [2.45, 2.75) is 32.3 Å². The fourth-order valence-electron chi connectivity index (χ4n) is 3.60. The number of methoxy groups -OCH3 is 1. The summed E-state index contributed by atoms with van der Waals surface area (Å²) in [6.45, 7) is 2.06. The normalized spacial score (nSPS) is 28.3. The zero-order chi connectivity index (χ0) is 15.7. The number of carbonyl (C=O) groups is 1. The highest BCUT2D eigenvalue weighted by molar-refractivity contribution is 6.00. The molecule has 2 aliphatic carbocycles. The molecule has 0 radical (unpaired) electrons. The van der Waals surface area contributed by atoms with Gasteiger partial charge in [-0.3, -0.25) is 4.79 Å². The van der Waals surface area contributed by atoms with Crippen molar-refractivity contribution in [3.63, 3.8) is 0 Å². The van der Waals surface area contributed by atoms with Gasteiger partial charge in [0.1, 0.15) is 5.75 Å². The van der Waals surface area contributed by atoms with Crippen LogP contribution in [0.4, 0.5) is 0 Å². The van der Waals surface area contributed by atoms with Crippen LogP contribution in [0.15, 0.2) is 41.5 Å². The fourth-order valence-corrected chi connectivity index (χ4v) is 3.60. The number of aliphatic hydroxyl groups is 1. The van der Waals surface area contributed by atoms with Crippen LogP contribution < -0.4 is 4.74 Å². The Morgan fingerprint density at radius 1 is 1.32 bits per heavy atom. The summed E-state index contributed by atoms with van der Waals surface area (Å²) in [6.07, 6.45) is 5.73. The molecule has 3 heteroatoms. The van der Waals surface area contributed by atoms with Gasteiger partial charge in [0.25, 0.3) is 0 Å². The van der Waals surface area contributed by atoms with E-state index in [-0.39, 0.29) is 23.7 Å². The van der Waals surface area contributed by atoms with Crippen LogP contribution in [0.5, 0.6) is 5.75 Å². The number of hydrogen-bond donors (Lipinski definition) is 1. The smallest absolute Gasteiger partial charge is 0.162 e.